The summed E-state index contributed by atoms with van der Waals surface area (Å²) in [6, 6.07) is 14.6. The number of amides is 2. The van der Waals surface area contributed by atoms with E-state index in [1.807, 2.05) is 43.3 Å². The van der Waals surface area contributed by atoms with Crippen molar-refractivity contribution in [2.45, 2.75) is 25.8 Å². The number of para-hydroxylation sites is 1. The van der Waals surface area contributed by atoms with Gasteiger partial charge in [0.15, 0.2) is 0 Å². The molecule has 3 rings (SSSR count). The molecule has 130 valence electrons. The van der Waals surface area contributed by atoms with E-state index < -0.39 is 0 Å². The summed E-state index contributed by atoms with van der Waals surface area (Å²) in [4.78, 5) is 26.3. The second-order valence-corrected chi connectivity index (χ2v) is 6.14. The Kier molecular flexibility index (Phi) is 5.03. The van der Waals surface area contributed by atoms with Gasteiger partial charge in [-0.05, 0) is 37.6 Å². The molecule has 0 saturated carbocycles. The minimum Gasteiger partial charge on any atom is -0.496 e. The van der Waals surface area contributed by atoms with Crippen LogP contribution in [0.1, 0.15) is 41.7 Å². The van der Waals surface area contributed by atoms with Gasteiger partial charge in [-0.25, -0.2) is 0 Å². The number of carbonyl (C=O) groups excluding carboxylic acids is 2. The molecule has 1 aliphatic rings. The summed E-state index contributed by atoms with van der Waals surface area (Å²) in [5.74, 6) is 0.679. The maximum atomic E-state index is 12.6. The van der Waals surface area contributed by atoms with E-state index in [-0.39, 0.29) is 17.9 Å². The predicted molar refractivity (Wildman–Crippen MR) is 96.9 cm³/mol. The van der Waals surface area contributed by atoms with Crippen LogP contribution in [0.3, 0.4) is 0 Å². The average Bonchev–Trinajstić information content (AvgIpc) is 3.07. The number of methoxy groups -OCH3 is 1. The Balaban J connectivity index is 1.76. The van der Waals surface area contributed by atoms with E-state index in [1.54, 1.807) is 24.1 Å². The third-order valence-electron chi connectivity index (χ3n) is 4.45. The molecule has 0 radical (unpaired) electrons. The fourth-order valence-electron chi connectivity index (χ4n) is 3.12. The molecule has 1 unspecified atom stereocenters. The van der Waals surface area contributed by atoms with Gasteiger partial charge < -0.3 is 15.0 Å². The van der Waals surface area contributed by atoms with Crippen LogP contribution in [0.5, 0.6) is 5.75 Å². The maximum absolute atomic E-state index is 12.6. The minimum atomic E-state index is -0.194. The normalized spacial score (nSPS) is 15.1. The molecule has 5 heteroatoms. The van der Waals surface area contributed by atoms with Crippen LogP contribution in [-0.2, 0) is 4.79 Å². The summed E-state index contributed by atoms with van der Waals surface area (Å²) >= 11 is 0. The van der Waals surface area contributed by atoms with Gasteiger partial charge >= 0.3 is 0 Å². The van der Waals surface area contributed by atoms with Crippen molar-refractivity contribution >= 4 is 17.5 Å². The van der Waals surface area contributed by atoms with Crippen LogP contribution in [-0.4, -0.2) is 25.5 Å². The summed E-state index contributed by atoms with van der Waals surface area (Å²) < 4.78 is 5.36. The second-order valence-electron chi connectivity index (χ2n) is 6.14. The first-order valence-corrected chi connectivity index (χ1v) is 8.44. The van der Waals surface area contributed by atoms with Gasteiger partial charge in [-0.15, -0.1) is 0 Å². The Labute approximate surface area is 147 Å². The lowest BCUT2D eigenvalue weighted by Crippen LogP contribution is -2.28. The van der Waals surface area contributed by atoms with Crippen LogP contribution in [0.2, 0.25) is 0 Å². The summed E-state index contributed by atoms with van der Waals surface area (Å²) in [5.41, 5.74) is 2.24. The summed E-state index contributed by atoms with van der Waals surface area (Å²) in [6.07, 6.45) is 1.43. The van der Waals surface area contributed by atoms with E-state index in [0.29, 0.717) is 18.5 Å². The van der Waals surface area contributed by atoms with Gasteiger partial charge in [0, 0.05) is 29.8 Å². The third-order valence-corrected chi connectivity index (χ3v) is 4.45. The number of nitrogens with one attached hydrogen (secondary N) is 1. The molecule has 2 aromatic carbocycles. The summed E-state index contributed by atoms with van der Waals surface area (Å²) in [7, 11) is 1.61. The summed E-state index contributed by atoms with van der Waals surface area (Å²) in [6.45, 7) is 2.63. The lowest BCUT2D eigenvalue weighted by atomic mass is 10.1. The number of rotatable bonds is 5. The van der Waals surface area contributed by atoms with Crippen LogP contribution >= 0.6 is 0 Å². The van der Waals surface area contributed by atoms with Gasteiger partial charge in [0.1, 0.15) is 5.75 Å². The first kappa shape index (κ1) is 17.0. The molecule has 1 saturated heterocycles. The number of anilines is 1. The Morgan fingerprint density at radius 2 is 2.00 bits per heavy atom. The molecule has 1 N–H and O–H groups in total. The minimum absolute atomic E-state index is 0.111. The van der Waals surface area contributed by atoms with Gasteiger partial charge in [0.25, 0.3) is 5.91 Å². The van der Waals surface area contributed by atoms with E-state index in [0.717, 1.165) is 23.4 Å². The van der Waals surface area contributed by atoms with E-state index >= 15 is 0 Å². The van der Waals surface area contributed by atoms with Crippen LogP contribution in [0.4, 0.5) is 5.69 Å². The van der Waals surface area contributed by atoms with Crippen molar-refractivity contribution in [3.05, 3.63) is 59.7 Å². The Hall–Kier alpha value is -2.82. The van der Waals surface area contributed by atoms with Crippen molar-refractivity contribution in [2.24, 2.45) is 0 Å². The molecule has 5 nitrogen and oxygen atoms in total. The molecule has 2 aromatic rings. The Morgan fingerprint density at radius 3 is 2.72 bits per heavy atom. The van der Waals surface area contributed by atoms with Gasteiger partial charge in [0.05, 0.1) is 13.2 Å². The highest BCUT2D eigenvalue weighted by atomic mass is 16.5. The molecular formula is C20H22N2O3. The standard InChI is InChI=1S/C20H22N2O3/c1-14(17-9-3-4-10-18(17)25-2)21-20(24)15-7-5-8-16(13-15)22-12-6-11-19(22)23/h3-5,7-10,13-14H,6,11-12H2,1-2H3,(H,21,24). The highest BCUT2D eigenvalue weighted by molar-refractivity contribution is 5.99. The van der Waals surface area contributed by atoms with Crippen molar-refractivity contribution in [1.82, 2.24) is 5.32 Å². The van der Waals surface area contributed by atoms with Crippen molar-refractivity contribution in [3.63, 3.8) is 0 Å². The van der Waals surface area contributed by atoms with E-state index in [4.69, 9.17) is 4.74 Å². The van der Waals surface area contributed by atoms with E-state index in [1.165, 1.54) is 0 Å². The number of hydrogen-bond donors (Lipinski definition) is 1. The molecule has 0 aromatic heterocycles. The monoisotopic (exact) mass is 338 g/mol. The third kappa shape index (κ3) is 3.65. The molecule has 0 aliphatic carbocycles. The van der Waals surface area contributed by atoms with Crippen LogP contribution < -0.4 is 15.0 Å². The lowest BCUT2D eigenvalue weighted by Gasteiger charge is -2.19. The zero-order chi connectivity index (χ0) is 17.8. The van der Waals surface area contributed by atoms with E-state index in [2.05, 4.69) is 5.32 Å². The zero-order valence-corrected chi connectivity index (χ0v) is 14.5. The fourth-order valence-corrected chi connectivity index (χ4v) is 3.12. The highest BCUT2D eigenvalue weighted by Gasteiger charge is 2.22. The zero-order valence-electron chi connectivity index (χ0n) is 14.5. The van der Waals surface area contributed by atoms with Gasteiger partial charge in [0.2, 0.25) is 5.91 Å². The van der Waals surface area contributed by atoms with Crippen molar-refractivity contribution in [3.8, 4) is 5.75 Å². The molecule has 1 atom stereocenters. The SMILES string of the molecule is COc1ccccc1C(C)NC(=O)c1cccc(N2CCCC2=O)c1. The van der Waals surface area contributed by atoms with Gasteiger partial charge in [-0.2, -0.15) is 0 Å². The summed E-state index contributed by atoms with van der Waals surface area (Å²) in [5, 5.41) is 2.99. The maximum Gasteiger partial charge on any atom is 0.251 e. The number of nitrogens with zero attached hydrogens (tertiary/aromatic N) is 1. The van der Waals surface area contributed by atoms with Crippen molar-refractivity contribution < 1.29 is 14.3 Å². The Bertz CT molecular complexity index is 788. The molecular weight excluding hydrogens is 316 g/mol. The fraction of sp³-hybridized carbons (Fsp3) is 0.300. The first-order chi connectivity index (χ1) is 12.1. The molecule has 1 fully saturated rings. The van der Waals surface area contributed by atoms with Crippen LogP contribution in [0.15, 0.2) is 48.5 Å². The molecule has 25 heavy (non-hydrogen) atoms. The smallest absolute Gasteiger partial charge is 0.251 e. The molecule has 0 bridgehead atoms. The topological polar surface area (TPSA) is 58.6 Å². The van der Waals surface area contributed by atoms with Crippen molar-refractivity contribution in [2.75, 3.05) is 18.6 Å². The predicted octanol–water partition coefficient (Wildman–Crippen LogP) is 3.31. The van der Waals surface area contributed by atoms with Gasteiger partial charge in [-0.3, -0.25) is 9.59 Å². The number of ether oxygens (including phenoxy) is 1. The molecule has 1 aliphatic heterocycles. The first-order valence-electron chi connectivity index (χ1n) is 8.44. The van der Waals surface area contributed by atoms with Crippen LogP contribution in [0.25, 0.3) is 0 Å². The van der Waals surface area contributed by atoms with Crippen molar-refractivity contribution in [1.29, 1.82) is 0 Å². The lowest BCUT2D eigenvalue weighted by molar-refractivity contribution is -0.117. The van der Waals surface area contributed by atoms with Crippen LogP contribution in [0, 0.1) is 0 Å². The average molecular weight is 338 g/mol. The number of benzene rings is 2. The molecule has 0 spiro atoms. The highest BCUT2D eigenvalue weighted by Crippen LogP contribution is 2.25. The Morgan fingerprint density at radius 1 is 1.20 bits per heavy atom. The number of carbonyl (C=O) groups is 2. The largest absolute Gasteiger partial charge is 0.496 e. The quantitative estimate of drug-likeness (QED) is 0.910. The molecule has 2 amide bonds. The van der Waals surface area contributed by atoms with E-state index in [9.17, 15) is 9.59 Å². The molecule has 1 heterocycles. The van der Waals surface area contributed by atoms with Gasteiger partial charge in [-0.1, -0.05) is 24.3 Å². The second kappa shape index (κ2) is 7.38. The number of hydrogen-bond acceptors (Lipinski definition) is 3.